The van der Waals surface area contributed by atoms with Crippen LogP contribution in [0.4, 0.5) is 13.6 Å². The monoisotopic (exact) mass is 211 g/mol. The van der Waals surface area contributed by atoms with Gasteiger partial charge in [0.05, 0.1) is 6.61 Å². The number of alkyl halides is 2. The highest BCUT2D eigenvalue weighted by Gasteiger charge is 2.24. The van der Waals surface area contributed by atoms with E-state index in [1.54, 1.807) is 20.8 Å². The number of hydrogen-bond acceptors (Lipinski definition) is 3. The van der Waals surface area contributed by atoms with Gasteiger partial charge in [0.25, 0.3) is 6.43 Å². The second-order valence-electron chi connectivity index (χ2n) is 3.77. The van der Waals surface area contributed by atoms with Gasteiger partial charge in [0.2, 0.25) is 0 Å². The van der Waals surface area contributed by atoms with E-state index in [2.05, 4.69) is 0 Å². The van der Waals surface area contributed by atoms with Crippen LogP contribution in [0.3, 0.4) is 0 Å². The minimum absolute atomic E-state index is 0.744. The number of halogens is 2. The van der Waals surface area contributed by atoms with Crippen LogP contribution in [0.2, 0.25) is 0 Å². The molecule has 84 valence electrons. The van der Waals surface area contributed by atoms with Gasteiger partial charge in [-0.15, -0.1) is 0 Å². The van der Waals surface area contributed by atoms with Crippen LogP contribution in [0.25, 0.3) is 0 Å². The fraction of sp³-hybridized carbons (Fsp3) is 0.875. The number of amides is 1. The average molecular weight is 211 g/mol. The number of alkyl carbamates (subject to hydrolysis) is 1. The molecule has 2 N–H and O–H groups in total. The highest BCUT2D eigenvalue weighted by atomic mass is 19.3. The van der Waals surface area contributed by atoms with Gasteiger partial charge in [-0.3, -0.25) is 0 Å². The van der Waals surface area contributed by atoms with E-state index in [0.29, 0.717) is 0 Å². The molecule has 0 aromatic rings. The summed E-state index contributed by atoms with van der Waals surface area (Å²) in [5.74, 6) is 0. The van der Waals surface area contributed by atoms with E-state index in [1.807, 2.05) is 5.32 Å². The largest absolute Gasteiger partial charge is 0.444 e. The fourth-order valence-corrected chi connectivity index (χ4v) is 0.647. The first-order valence-corrected chi connectivity index (χ1v) is 4.15. The van der Waals surface area contributed by atoms with E-state index in [9.17, 15) is 13.6 Å². The van der Waals surface area contributed by atoms with Crippen molar-refractivity contribution >= 4 is 6.09 Å². The Morgan fingerprint density at radius 3 is 2.29 bits per heavy atom. The molecule has 14 heavy (non-hydrogen) atoms. The first-order valence-electron chi connectivity index (χ1n) is 4.15. The van der Waals surface area contributed by atoms with Crippen molar-refractivity contribution in [3.63, 3.8) is 0 Å². The molecule has 0 aliphatic rings. The van der Waals surface area contributed by atoms with Crippen molar-refractivity contribution in [2.24, 2.45) is 0 Å². The van der Waals surface area contributed by atoms with Crippen molar-refractivity contribution in [3.05, 3.63) is 0 Å². The van der Waals surface area contributed by atoms with E-state index in [-0.39, 0.29) is 0 Å². The summed E-state index contributed by atoms with van der Waals surface area (Å²) in [5, 5.41) is 10.4. The second-order valence-corrected chi connectivity index (χ2v) is 3.77. The molecule has 0 fully saturated rings. The molecule has 6 heteroatoms. The highest BCUT2D eigenvalue weighted by molar-refractivity contribution is 5.68. The molecule has 0 aliphatic heterocycles. The molecule has 0 rings (SSSR count). The van der Waals surface area contributed by atoms with E-state index in [1.165, 1.54) is 0 Å². The molecular weight excluding hydrogens is 196 g/mol. The van der Waals surface area contributed by atoms with E-state index >= 15 is 0 Å². The summed E-state index contributed by atoms with van der Waals surface area (Å²) in [6.07, 6.45) is -3.77. The van der Waals surface area contributed by atoms with Crippen molar-refractivity contribution < 1.29 is 23.4 Å². The minimum Gasteiger partial charge on any atom is -0.444 e. The van der Waals surface area contributed by atoms with Crippen LogP contribution < -0.4 is 5.32 Å². The van der Waals surface area contributed by atoms with E-state index in [0.717, 1.165) is 0 Å². The maximum absolute atomic E-state index is 12.1. The average Bonchev–Trinajstić information content (AvgIpc) is 1.96. The third-order valence-corrected chi connectivity index (χ3v) is 1.20. The lowest BCUT2D eigenvalue weighted by Crippen LogP contribution is -2.44. The zero-order chi connectivity index (χ0) is 11.4. The Hall–Kier alpha value is -0.910. The second kappa shape index (κ2) is 5.09. The van der Waals surface area contributed by atoms with Crippen molar-refractivity contribution in [2.75, 3.05) is 6.61 Å². The number of ether oxygens (including phenoxy) is 1. The van der Waals surface area contributed by atoms with Crippen molar-refractivity contribution in [1.82, 2.24) is 5.32 Å². The SMILES string of the molecule is CC(C)(C)OC(=O)N[C@@H](CO)C(F)F. The molecule has 0 radical (unpaired) electrons. The lowest BCUT2D eigenvalue weighted by atomic mass is 10.2. The molecule has 4 nitrogen and oxygen atoms in total. The number of hydrogen-bond donors (Lipinski definition) is 2. The third kappa shape index (κ3) is 5.69. The van der Waals surface area contributed by atoms with Gasteiger partial charge in [-0.1, -0.05) is 0 Å². The predicted molar refractivity (Wildman–Crippen MR) is 46.2 cm³/mol. The molecule has 0 aromatic heterocycles. The molecule has 1 amide bonds. The Kier molecular flexibility index (Phi) is 4.76. The van der Waals surface area contributed by atoms with Gasteiger partial charge in [-0.2, -0.15) is 0 Å². The van der Waals surface area contributed by atoms with E-state index in [4.69, 9.17) is 9.84 Å². The summed E-state index contributed by atoms with van der Waals surface area (Å²) in [4.78, 5) is 11.0. The summed E-state index contributed by atoms with van der Waals surface area (Å²) in [7, 11) is 0. The third-order valence-electron chi connectivity index (χ3n) is 1.20. The summed E-state index contributed by atoms with van der Waals surface area (Å²) >= 11 is 0. The smallest absolute Gasteiger partial charge is 0.408 e. The molecule has 0 aliphatic carbocycles. The van der Waals surface area contributed by atoms with Crippen LogP contribution in [-0.4, -0.2) is 35.9 Å². The van der Waals surface area contributed by atoms with Crippen molar-refractivity contribution in [1.29, 1.82) is 0 Å². The Labute approximate surface area is 81.2 Å². The van der Waals surface area contributed by atoms with E-state index < -0.39 is 30.8 Å². The molecule has 1 atom stereocenters. The predicted octanol–water partition coefficient (Wildman–Crippen LogP) is 1.14. The van der Waals surface area contributed by atoms with Crippen LogP contribution in [0.5, 0.6) is 0 Å². The lowest BCUT2D eigenvalue weighted by molar-refractivity contribution is 0.0277. The van der Waals surface area contributed by atoms with Gasteiger partial charge in [-0.25, -0.2) is 13.6 Å². The highest BCUT2D eigenvalue weighted by Crippen LogP contribution is 2.08. The zero-order valence-electron chi connectivity index (χ0n) is 8.38. The molecular formula is C8H15F2NO3. The summed E-state index contributed by atoms with van der Waals surface area (Å²) in [6.45, 7) is 4.02. The zero-order valence-corrected chi connectivity index (χ0v) is 8.38. The van der Waals surface area contributed by atoms with Crippen LogP contribution in [-0.2, 0) is 4.74 Å². The fourth-order valence-electron chi connectivity index (χ4n) is 0.647. The Balaban J connectivity index is 4.04. The number of carbonyl (C=O) groups excluding carboxylic acids is 1. The molecule has 0 saturated heterocycles. The van der Waals surface area contributed by atoms with Crippen molar-refractivity contribution in [2.45, 2.75) is 38.8 Å². The lowest BCUT2D eigenvalue weighted by Gasteiger charge is -2.22. The topological polar surface area (TPSA) is 58.6 Å². The number of aliphatic hydroxyl groups excluding tert-OH is 1. The van der Waals surface area contributed by atoms with Crippen LogP contribution in [0.1, 0.15) is 20.8 Å². The van der Waals surface area contributed by atoms with Gasteiger partial charge in [-0.05, 0) is 20.8 Å². The molecule has 0 spiro atoms. The maximum atomic E-state index is 12.1. The molecule has 0 bridgehead atoms. The molecule has 0 aromatic carbocycles. The Bertz CT molecular complexity index is 192. The number of rotatable bonds is 3. The molecule has 0 saturated carbocycles. The first-order chi connectivity index (χ1) is 6.26. The standard InChI is InChI=1S/C8H15F2NO3/c1-8(2,3)14-7(13)11-5(4-12)6(9)10/h5-6,12H,4H2,1-3H3,(H,11,13)/t5-/m0/s1. The number of aliphatic hydroxyl groups is 1. The van der Waals surface area contributed by atoms with Crippen LogP contribution in [0, 0.1) is 0 Å². The van der Waals surface area contributed by atoms with Gasteiger partial charge >= 0.3 is 6.09 Å². The summed E-state index contributed by atoms with van der Waals surface area (Å²) in [5.41, 5.74) is -0.744. The van der Waals surface area contributed by atoms with Gasteiger partial charge in [0, 0.05) is 0 Å². The van der Waals surface area contributed by atoms with Crippen LogP contribution in [0.15, 0.2) is 0 Å². The van der Waals surface area contributed by atoms with Crippen molar-refractivity contribution in [3.8, 4) is 0 Å². The molecule has 0 heterocycles. The number of carbonyl (C=O) groups is 1. The summed E-state index contributed by atoms with van der Waals surface area (Å²) in [6, 6.07) is -1.58. The Morgan fingerprint density at radius 1 is 1.50 bits per heavy atom. The van der Waals surface area contributed by atoms with Crippen LogP contribution >= 0.6 is 0 Å². The van der Waals surface area contributed by atoms with Gasteiger partial charge in [0.1, 0.15) is 11.6 Å². The normalized spacial score (nSPS) is 13.9. The number of nitrogens with one attached hydrogen (secondary N) is 1. The Morgan fingerprint density at radius 2 is 2.00 bits per heavy atom. The maximum Gasteiger partial charge on any atom is 0.408 e. The molecule has 0 unspecified atom stereocenters. The first kappa shape index (κ1) is 13.1. The van der Waals surface area contributed by atoms with Gasteiger partial charge in [0.15, 0.2) is 0 Å². The summed E-state index contributed by atoms with van der Waals surface area (Å²) < 4.78 is 28.9. The van der Waals surface area contributed by atoms with Gasteiger partial charge < -0.3 is 15.2 Å². The minimum atomic E-state index is -2.81. The quantitative estimate of drug-likeness (QED) is 0.735.